The number of benzene rings is 2. The molecule has 0 saturated carbocycles. The standard InChI is InChI=1S/C19H14F5N3O2S/c1-2-7-27-18(29)9-5-3-4-6-10(9)25-19(27)30-8-11(28)26-17-15(23)13(21)12(20)14(22)16(17)24/h3-6H,2,7-8H2,1H3,(H,26,28). The normalized spacial score (nSPS) is 11.1. The van der Waals surface area contributed by atoms with Crippen LogP contribution in [-0.4, -0.2) is 21.2 Å². The Morgan fingerprint density at radius 1 is 1.03 bits per heavy atom. The van der Waals surface area contributed by atoms with Gasteiger partial charge in [-0.05, 0) is 18.6 Å². The number of amides is 1. The molecule has 3 rings (SSSR count). The van der Waals surface area contributed by atoms with Gasteiger partial charge >= 0.3 is 0 Å². The summed E-state index contributed by atoms with van der Waals surface area (Å²) in [6.45, 7) is 2.16. The quantitative estimate of drug-likeness (QED) is 0.204. The van der Waals surface area contributed by atoms with Gasteiger partial charge in [0.15, 0.2) is 28.4 Å². The average molecular weight is 443 g/mol. The molecule has 1 aromatic heterocycles. The van der Waals surface area contributed by atoms with Crippen molar-refractivity contribution in [3.05, 3.63) is 63.7 Å². The number of para-hydroxylation sites is 1. The van der Waals surface area contributed by atoms with E-state index in [1.807, 2.05) is 6.92 Å². The van der Waals surface area contributed by atoms with Crippen molar-refractivity contribution in [3.63, 3.8) is 0 Å². The van der Waals surface area contributed by atoms with Crippen LogP contribution in [-0.2, 0) is 11.3 Å². The number of rotatable bonds is 6. The summed E-state index contributed by atoms with van der Waals surface area (Å²) >= 11 is 0.800. The van der Waals surface area contributed by atoms with Crippen molar-refractivity contribution in [3.8, 4) is 0 Å². The van der Waals surface area contributed by atoms with Crippen LogP contribution < -0.4 is 10.9 Å². The van der Waals surface area contributed by atoms with E-state index >= 15 is 0 Å². The molecule has 0 aliphatic carbocycles. The first-order valence-electron chi connectivity index (χ1n) is 8.69. The molecule has 0 radical (unpaired) electrons. The van der Waals surface area contributed by atoms with E-state index in [-0.39, 0.29) is 10.7 Å². The van der Waals surface area contributed by atoms with Gasteiger partial charge in [0, 0.05) is 6.54 Å². The van der Waals surface area contributed by atoms with E-state index in [2.05, 4.69) is 4.98 Å². The lowest BCUT2D eigenvalue weighted by molar-refractivity contribution is -0.113. The van der Waals surface area contributed by atoms with Gasteiger partial charge in [0.1, 0.15) is 5.69 Å². The van der Waals surface area contributed by atoms with Crippen LogP contribution in [0.4, 0.5) is 27.6 Å². The molecular weight excluding hydrogens is 429 g/mol. The van der Waals surface area contributed by atoms with Gasteiger partial charge < -0.3 is 5.32 Å². The number of thioether (sulfide) groups is 1. The largest absolute Gasteiger partial charge is 0.320 e. The summed E-state index contributed by atoms with van der Waals surface area (Å²) < 4.78 is 68.4. The zero-order valence-corrected chi connectivity index (χ0v) is 16.3. The third-order valence-electron chi connectivity index (χ3n) is 4.08. The van der Waals surface area contributed by atoms with E-state index < -0.39 is 46.4 Å². The Bertz CT molecular complexity index is 1170. The summed E-state index contributed by atoms with van der Waals surface area (Å²) in [4.78, 5) is 29.1. The molecule has 1 N–H and O–H groups in total. The fourth-order valence-corrected chi connectivity index (χ4v) is 3.52. The third kappa shape index (κ3) is 4.02. The monoisotopic (exact) mass is 443 g/mol. The topological polar surface area (TPSA) is 64.0 Å². The molecule has 0 fully saturated rings. The molecule has 0 aliphatic rings. The molecular formula is C19H14F5N3O2S. The van der Waals surface area contributed by atoms with Crippen molar-refractivity contribution in [1.29, 1.82) is 0 Å². The zero-order chi connectivity index (χ0) is 22.0. The summed E-state index contributed by atoms with van der Waals surface area (Å²) in [5.74, 6) is -12.4. The Morgan fingerprint density at radius 2 is 1.63 bits per heavy atom. The molecule has 11 heteroatoms. The summed E-state index contributed by atoms with van der Waals surface area (Å²) in [6, 6.07) is 6.60. The van der Waals surface area contributed by atoms with Gasteiger partial charge in [-0.3, -0.25) is 14.2 Å². The molecule has 158 valence electrons. The Kier molecular flexibility index (Phi) is 6.40. The molecule has 0 saturated heterocycles. The minimum absolute atomic E-state index is 0.188. The van der Waals surface area contributed by atoms with Crippen molar-refractivity contribution in [2.75, 3.05) is 11.1 Å². The number of nitrogens with one attached hydrogen (secondary N) is 1. The average Bonchev–Trinajstić information content (AvgIpc) is 2.74. The lowest BCUT2D eigenvalue weighted by Crippen LogP contribution is -2.24. The van der Waals surface area contributed by atoms with Crippen LogP contribution in [0.2, 0.25) is 0 Å². The number of carbonyl (C=O) groups is 1. The van der Waals surface area contributed by atoms with Gasteiger partial charge in [-0.15, -0.1) is 0 Å². The highest BCUT2D eigenvalue weighted by Gasteiger charge is 2.27. The number of halogens is 5. The predicted octanol–water partition coefficient (Wildman–Crippen LogP) is 4.23. The van der Waals surface area contributed by atoms with Gasteiger partial charge in [0.2, 0.25) is 11.7 Å². The van der Waals surface area contributed by atoms with E-state index in [0.717, 1.165) is 11.8 Å². The second-order valence-electron chi connectivity index (χ2n) is 6.15. The Morgan fingerprint density at radius 3 is 2.27 bits per heavy atom. The maximum atomic E-state index is 13.7. The maximum Gasteiger partial charge on any atom is 0.262 e. The highest BCUT2D eigenvalue weighted by molar-refractivity contribution is 7.99. The summed E-state index contributed by atoms with van der Waals surface area (Å²) in [6.07, 6.45) is 0.601. The first-order valence-corrected chi connectivity index (χ1v) is 9.68. The first-order chi connectivity index (χ1) is 14.3. The second-order valence-corrected chi connectivity index (χ2v) is 7.09. The molecule has 0 bridgehead atoms. The Labute approximate surface area is 170 Å². The summed E-state index contributed by atoms with van der Waals surface area (Å²) in [5, 5.41) is 2.27. The minimum atomic E-state index is -2.32. The van der Waals surface area contributed by atoms with E-state index in [1.54, 1.807) is 29.6 Å². The number of hydrogen-bond acceptors (Lipinski definition) is 4. The second kappa shape index (κ2) is 8.82. The van der Waals surface area contributed by atoms with Crippen LogP contribution in [0.5, 0.6) is 0 Å². The molecule has 0 atom stereocenters. The summed E-state index contributed by atoms with van der Waals surface area (Å²) in [5.41, 5.74) is -1.35. The number of anilines is 1. The lowest BCUT2D eigenvalue weighted by atomic mass is 10.2. The highest BCUT2D eigenvalue weighted by atomic mass is 32.2. The van der Waals surface area contributed by atoms with Gasteiger partial charge in [-0.2, -0.15) is 0 Å². The minimum Gasteiger partial charge on any atom is -0.320 e. The molecule has 30 heavy (non-hydrogen) atoms. The Balaban J connectivity index is 1.86. The van der Waals surface area contributed by atoms with E-state index in [1.165, 1.54) is 4.57 Å². The highest BCUT2D eigenvalue weighted by Crippen LogP contribution is 2.27. The SMILES string of the molecule is CCCn1c(SCC(=O)Nc2c(F)c(F)c(F)c(F)c2F)nc2ccccc2c1=O. The molecule has 0 aliphatic heterocycles. The lowest BCUT2D eigenvalue weighted by Gasteiger charge is -2.13. The molecule has 5 nitrogen and oxygen atoms in total. The molecule has 1 amide bonds. The van der Waals surface area contributed by atoms with Crippen LogP contribution in [0.15, 0.2) is 34.2 Å². The zero-order valence-electron chi connectivity index (χ0n) is 15.4. The Hall–Kier alpha value is -2.95. The van der Waals surface area contributed by atoms with E-state index in [9.17, 15) is 31.5 Å². The van der Waals surface area contributed by atoms with Crippen molar-refractivity contribution < 1.29 is 26.7 Å². The fraction of sp³-hybridized carbons (Fsp3) is 0.211. The predicted molar refractivity (Wildman–Crippen MR) is 102 cm³/mol. The third-order valence-corrected chi connectivity index (χ3v) is 5.06. The van der Waals surface area contributed by atoms with Crippen molar-refractivity contribution in [2.24, 2.45) is 0 Å². The van der Waals surface area contributed by atoms with Gasteiger partial charge in [-0.25, -0.2) is 26.9 Å². The van der Waals surface area contributed by atoms with Gasteiger partial charge in [0.25, 0.3) is 5.56 Å². The smallest absolute Gasteiger partial charge is 0.262 e. The van der Waals surface area contributed by atoms with Crippen molar-refractivity contribution in [2.45, 2.75) is 25.0 Å². The fourth-order valence-electron chi connectivity index (χ4n) is 2.70. The van der Waals surface area contributed by atoms with Crippen LogP contribution in [0, 0.1) is 29.1 Å². The van der Waals surface area contributed by atoms with Crippen LogP contribution in [0.1, 0.15) is 13.3 Å². The van der Waals surface area contributed by atoms with Crippen molar-refractivity contribution >= 4 is 34.3 Å². The van der Waals surface area contributed by atoms with Crippen molar-refractivity contribution in [1.82, 2.24) is 9.55 Å². The molecule has 2 aromatic carbocycles. The molecule has 0 unspecified atom stereocenters. The molecule has 1 heterocycles. The number of hydrogen-bond donors (Lipinski definition) is 1. The van der Waals surface area contributed by atoms with Gasteiger partial charge in [-0.1, -0.05) is 30.8 Å². The molecule has 3 aromatic rings. The maximum absolute atomic E-state index is 13.7. The van der Waals surface area contributed by atoms with Gasteiger partial charge in [0.05, 0.1) is 16.7 Å². The van der Waals surface area contributed by atoms with Crippen LogP contribution in [0.25, 0.3) is 10.9 Å². The summed E-state index contributed by atoms with van der Waals surface area (Å²) in [7, 11) is 0. The van der Waals surface area contributed by atoms with E-state index in [0.29, 0.717) is 23.9 Å². The number of carbonyl (C=O) groups excluding carboxylic acids is 1. The van der Waals surface area contributed by atoms with Crippen LogP contribution in [0.3, 0.4) is 0 Å². The number of nitrogens with zero attached hydrogens (tertiary/aromatic N) is 2. The van der Waals surface area contributed by atoms with E-state index in [4.69, 9.17) is 0 Å². The number of fused-ring (bicyclic) bond motifs is 1. The number of aromatic nitrogens is 2. The first kappa shape index (κ1) is 21.8. The molecule has 0 spiro atoms. The van der Waals surface area contributed by atoms with Crippen LogP contribution >= 0.6 is 11.8 Å².